The number of hydrogen-bond donors (Lipinski definition) is 1. The first kappa shape index (κ1) is 24.1. The van der Waals surface area contributed by atoms with Crippen molar-refractivity contribution in [2.24, 2.45) is 0 Å². The minimum atomic E-state index is -0.594. The Morgan fingerprint density at radius 2 is 1.79 bits per heavy atom. The standard InChI is InChI=1S/C20H37N5O3/c1-6-8-10-12-23(13-11-9-7-2)14-16(3)21-20(26)18(5)24-15-19(25(27)28)17(4)22-24/h15-16,18H,6-14H2,1-5H3,(H,21,26). The predicted octanol–water partition coefficient (Wildman–Crippen LogP) is 3.85. The Labute approximate surface area is 168 Å². The van der Waals surface area contributed by atoms with Gasteiger partial charge in [-0.3, -0.25) is 19.6 Å². The van der Waals surface area contributed by atoms with E-state index in [-0.39, 0.29) is 17.6 Å². The fourth-order valence-electron chi connectivity index (χ4n) is 3.23. The third-order valence-electron chi connectivity index (χ3n) is 4.94. The van der Waals surface area contributed by atoms with Gasteiger partial charge in [0.1, 0.15) is 17.9 Å². The molecule has 8 heteroatoms. The van der Waals surface area contributed by atoms with Gasteiger partial charge in [-0.2, -0.15) is 5.10 Å². The first-order chi connectivity index (χ1) is 13.3. The molecule has 0 aliphatic rings. The summed E-state index contributed by atoms with van der Waals surface area (Å²) in [6, 6.07) is -0.590. The van der Waals surface area contributed by atoms with Gasteiger partial charge < -0.3 is 10.2 Å². The third kappa shape index (κ3) is 7.96. The lowest BCUT2D eigenvalue weighted by atomic mass is 10.2. The van der Waals surface area contributed by atoms with E-state index < -0.39 is 11.0 Å². The van der Waals surface area contributed by atoms with Gasteiger partial charge >= 0.3 is 5.69 Å². The van der Waals surface area contributed by atoms with Crippen molar-refractivity contribution in [2.45, 2.75) is 85.2 Å². The van der Waals surface area contributed by atoms with Crippen LogP contribution < -0.4 is 5.32 Å². The number of nitrogens with zero attached hydrogens (tertiary/aromatic N) is 4. The van der Waals surface area contributed by atoms with Gasteiger partial charge in [-0.05, 0) is 46.7 Å². The lowest BCUT2D eigenvalue weighted by Crippen LogP contribution is -2.44. The molecule has 1 aromatic heterocycles. The Morgan fingerprint density at radius 1 is 1.21 bits per heavy atom. The Bertz CT molecular complexity index is 607. The van der Waals surface area contributed by atoms with E-state index in [4.69, 9.17) is 0 Å². The summed E-state index contributed by atoms with van der Waals surface area (Å²) in [6.45, 7) is 12.6. The maximum atomic E-state index is 12.6. The van der Waals surface area contributed by atoms with Gasteiger partial charge in [0.2, 0.25) is 5.91 Å². The number of aromatic nitrogens is 2. The van der Waals surface area contributed by atoms with Crippen molar-refractivity contribution in [1.29, 1.82) is 0 Å². The van der Waals surface area contributed by atoms with Crippen molar-refractivity contribution in [3.63, 3.8) is 0 Å². The number of aryl methyl sites for hydroxylation is 1. The molecule has 0 aliphatic heterocycles. The summed E-state index contributed by atoms with van der Waals surface area (Å²) in [6.07, 6.45) is 8.51. The van der Waals surface area contributed by atoms with Gasteiger partial charge in [0.25, 0.3) is 0 Å². The Hall–Kier alpha value is -1.96. The topological polar surface area (TPSA) is 93.3 Å². The lowest BCUT2D eigenvalue weighted by Gasteiger charge is -2.27. The molecule has 2 atom stereocenters. The maximum absolute atomic E-state index is 12.6. The van der Waals surface area contributed by atoms with E-state index in [1.54, 1.807) is 13.8 Å². The number of nitro groups is 1. The van der Waals surface area contributed by atoms with Crippen LogP contribution in [0.1, 0.15) is 78.0 Å². The SMILES string of the molecule is CCCCCN(CCCCC)CC(C)NC(=O)C(C)n1cc([N+](=O)[O-])c(C)n1. The van der Waals surface area contributed by atoms with Crippen molar-refractivity contribution >= 4 is 11.6 Å². The molecule has 8 nitrogen and oxygen atoms in total. The van der Waals surface area contributed by atoms with Gasteiger partial charge in [-0.15, -0.1) is 0 Å². The van der Waals surface area contributed by atoms with Crippen LogP contribution in [-0.2, 0) is 4.79 Å². The monoisotopic (exact) mass is 395 g/mol. The summed E-state index contributed by atoms with van der Waals surface area (Å²) in [4.78, 5) is 25.5. The highest BCUT2D eigenvalue weighted by Gasteiger charge is 2.23. The molecule has 0 fully saturated rings. The van der Waals surface area contributed by atoms with Gasteiger partial charge in [0, 0.05) is 12.6 Å². The second-order valence-electron chi connectivity index (χ2n) is 7.64. The second-order valence-corrected chi connectivity index (χ2v) is 7.64. The van der Waals surface area contributed by atoms with Crippen molar-refractivity contribution in [1.82, 2.24) is 20.0 Å². The van der Waals surface area contributed by atoms with E-state index in [0.29, 0.717) is 5.69 Å². The zero-order valence-electron chi connectivity index (χ0n) is 18.1. The molecule has 1 heterocycles. The number of amides is 1. The molecule has 0 saturated carbocycles. The number of hydrogen-bond acceptors (Lipinski definition) is 5. The van der Waals surface area contributed by atoms with Crippen LogP contribution in [0.3, 0.4) is 0 Å². The lowest BCUT2D eigenvalue weighted by molar-refractivity contribution is -0.385. The molecule has 28 heavy (non-hydrogen) atoms. The van der Waals surface area contributed by atoms with Crippen molar-refractivity contribution < 1.29 is 9.72 Å². The Balaban J connectivity index is 2.61. The van der Waals surface area contributed by atoms with E-state index in [1.165, 1.54) is 49.4 Å². The van der Waals surface area contributed by atoms with Gasteiger partial charge in [0.15, 0.2) is 0 Å². The predicted molar refractivity (Wildman–Crippen MR) is 111 cm³/mol. The first-order valence-electron chi connectivity index (χ1n) is 10.5. The summed E-state index contributed by atoms with van der Waals surface area (Å²) in [5.74, 6) is -0.174. The molecule has 0 radical (unpaired) electrons. The number of carbonyl (C=O) groups excluding carboxylic acids is 1. The van der Waals surface area contributed by atoms with E-state index in [2.05, 4.69) is 29.2 Å². The highest BCUT2D eigenvalue weighted by Crippen LogP contribution is 2.18. The molecular weight excluding hydrogens is 358 g/mol. The number of unbranched alkanes of at least 4 members (excludes halogenated alkanes) is 4. The minimum Gasteiger partial charge on any atom is -0.351 e. The van der Waals surface area contributed by atoms with Gasteiger partial charge in [0.05, 0.1) is 4.92 Å². The zero-order valence-corrected chi connectivity index (χ0v) is 18.1. The van der Waals surface area contributed by atoms with Gasteiger partial charge in [-0.25, -0.2) is 0 Å². The summed E-state index contributed by atoms with van der Waals surface area (Å²) in [5, 5.41) is 18.1. The Kier molecular flexibility index (Phi) is 10.7. The largest absolute Gasteiger partial charge is 0.351 e. The molecule has 2 unspecified atom stereocenters. The van der Waals surface area contributed by atoms with Crippen LogP contribution in [0.15, 0.2) is 6.20 Å². The molecule has 1 amide bonds. The van der Waals surface area contributed by atoms with E-state index in [1.807, 2.05) is 6.92 Å². The molecule has 0 saturated heterocycles. The highest BCUT2D eigenvalue weighted by molar-refractivity contribution is 5.80. The van der Waals surface area contributed by atoms with Crippen molar-refractivity contribution in [3.05, 3.63) is 22.0 Å². The number of carbonyl (C=O) groups is 1. The normalized spacial score (nSPS) is 13.5. The van der Waals surface area contributed by atoms with E-state index in [0.717, 1.165) is 19.6 Å². The molecular formula is C20H37N5O3. The second kappa shape index (κ2) is 12.5. The molecule has 0 aromatic carbocycles. The zero-order chi connectivity index (χ0) is 21.1. The third-order valence-corrected chi connectivity index (χ3v) is 4.94. The molecule has 1 rings (SSSR count). The molecule has 1 N–H and O–H groups in total. The molecule has 0 aliphatic carbocycles. The smallest absolute Gasteiger partial charge is 0.309 e. The molecule has 0 spiro atoms. The molecule has 1 aromatic rings. The van der Waals surface area contributed by atoms with E-state index in [9.17, 15) is 14.9 Å². The van der Waals surface area contributed by atoms with Crippen LogP contribution in [0, 0.1) is 17.0 Å². The van der Waals surface area contributed by atoms with Crippen LogP contribution >= 0.6 is 0 Å². The van der Waals surface area contributed by atoms with Crippen LogP contribution in [0.5, 0.6) is 0 Å². The first-order valence-corrected chi connectivity index (χ1v) is 10.5. The van der Waals surface area contributed by atoms with Gasteiger partial charge in [-0.1, -0.05) is 39.5 Å². The molecule has 160 valence electrons. The highest BCUT2D eigenvalue weighted by atomic mass is 16.6. The summed E-state index contributed by atoms with van der Waals surface area (Å²) in [7, 11) is 0. The minimum absolute atomic E-state index is 0.00449. The maximum Gasteiger partial charge on any atom is 0.309 e. The summed E-state index contributed by atoms with van der Waals surface area (Å²) < 4.78 is 1.37. The van der Waals surface area contributed by atoms with Crippen LogP contribution in [-0.4, -0.2) is 51.2 Å². The molecule has 0 bridgehead atoms. The van der Waals surface area contributed by atoms with Crippen molar-refractivity contribution in [2.75, 3.05) is 19.6 Å². The van der Waals surface area contributed by atoms with Crippen LogP contribution in [0.4, 0.5) is 5.69 Å². The van der Waals surface area contributed by atoms with Crippen LogP contribution in [0.2, 0.25) is 0 Å². The average Bonchev–Trinajstić information content (AvgIpc) is 3.03. The average molecular weight is 396 g/mol. The summed E-state index contributed by atoms with van der Waals surface area (Å²) >= 11 is 0. The fourth-order valence-corrected chi connectivity index (χ4v) is 3.23. The van der Waals surface area contributed by atoms with Crippen LogP contribution in [0.25, 0.3) is 0 Å². The number of rotatable bonds is 14. The summed E-state index contributed by atoms with van der Waals surface area (Å²) in [5.41, 5.74) is 0.251. The van der Waals surface area contributed by atoms with E-state index >= 15 is 0 Å². The van der Waals surface area contributed by atoms with Crippen molar-refractivity contribution in [3.8, 4) is 0 Å². The Morgan fingerprint density at radius 3 is 2.25 bits per heavy atom. The fraction of sp³-hybridized carbons (Fsp3) is 0.800. The quantitative estimate of drug-likeness (QED) is 0.293. The number of nitrogens with one attached hydrogen (secondary N) is 1.